The first-order valence-electron chi connectivity index (χ1n) is 15.2. The average molecular weight is 615 g/mol. The van der Waals surface area contributed by atoms with Crippen molar-refractivity contribution in [3.8, 4) is 6.07 Å². The van der Waals surface area contributed by atoms with E-state index < -0.39 is 47.3 Å². The molecule has 3 rings (SSSR count). The monoisotopic (exact) mass is 614 g/mol. The molecule has 1 saturated heterocycles. The quantitative estimate of drug-likeness (QED) is 0.141. The summed E-state index contributed by atoms with van der Waals surface area (Å²) in [5.74, 6) is -1.61. The lowest BCUT2D eigenvalue weighted by molar-refractivity contribution is -0.163. The zero-order valence-electron chi connectivity index (χ0n) is 26.2. The molecule has 2 heterocycles. The second-order valence-corrected chi connectivity index (χ2v) is 12.8. The molecule has 1 aromatic rings. The van der Waals surface area contributed by atoms with Crippen molar-refractivity contribution in [3.05, 3.63) is 23.5 Å². The number of H-pyrrole nitrogens is 1. The Balaban J connectivity index is 1.89. The molecule has 1 aliphatic carbocycles. The minimum atomic E-state index is -2.08. The van der Waals surface area contributed by atoms with Gasteiger partial charge in [-0.2, -0.15) is 5.26 Å². The second kappa shape index (κ2) is 14.9. The van der Waals surface area contributed by atoms with Gasteiger partial charge in [0.1, 0.15) is 37.3 Å². The lowest BCUT2D eigenvalue weighted by Crippen LogP contribution is -2.49. The van der Waals surface area contributed by atoms with Crippen LogP contribution < -0.4 is 11.1 Å². The Kier molecular flexibility index (Phi) is 11.8. The van der Waals surface area contributed by atoms with E-state index >= 15 is 0 Å². The molecule has 0 aromatic carbocycles. The van der Waals surface area contributed by atoms with Crippen molar-refractivity contribution >= 4 is 30.0 Å². The van der Waals surface area contributed by atoms with Crippen LogP contribution in [0.3, 0.4) is 0 Å². The minimum Gasteiger partial charge on any atom is -0.463 e. The first-order chi connectivity index (χ1) is 20.8. The van der Waals surface area contributed by atoms with Gasteiger partial charge in [-0.05, 0) is 42.7 Å². The van der Waals surface area contributed by atoms with Gasteiger partial charge in [0.25, 0.3) is 0 Å². The zero-order valence-corrected chi connectivity index (χ0v) is 26.2. The SMILES string of the molecule is CC[C@H](C)C(=O)NC(=NC=N)c1ccc([C@]2(C#N)O[C@H](COC(=O)CC3CCCCC3)[C@@H](OC(=O)[C@@H](N)C(C)(C)C)[C@H]2O)[nH]1. The number of amides is 1. The van der Waals surface area contributed by atoms with E-state index in [4.69, 9.17) is 25.4 Å². The van der Waals surface area contributed by atoms with E-state index in [-0.39, 0.29) is 48.0 Å². The Hall–Kier alpha value is -3.60. The Morgan fingerprint density at radius 3 is 2.59 bits per heavy atom. The molecule has 0 unspecified atom stereocenters. The first kappa shape index (κ1) is 34.9. The molecular formula is C31H46N6O7. The number of aliphatic imine (C=N–C) groups is 1. The van der Waals surface area contributed by atoms with Crippen molar-refractivity contribution < 1.29 is 33.7 Å². The van der Waals surface area contributed by atoms with Crippen LogP contribution >= 0.6 is 0 Å². The normalized spacial score (nSPS) is 25.9. The van der Waals surface area contributed by atoms with Crippen molar-refractivity contribution in [3.63, 3.8) is 0 Å². The highest BCUT2D eigenvalue weighted by molar-refractivity contribution is 6.09. The van der Waals surface area contributed by atoms with Crippen molar-refractivity contribution in [2.75, 3.05) is 6.61 Å². The van der Waals surface area contributed by atoms with Crippen LogP contribution in [-0.4, -0.2) is 71.1 Å². The summed E-state index contributed by atoms with van der Waals surface area (Å²) >= 11 is 0. The molecule has 1 aromatic heterocycles. The molecule has 6 N–H and O–H groups in total. The van der Waals surface area contributed by atoms with Gasteiger partial charge >= 0.3 is 11.9 Å². The maximum Gasteiger partial charge on any atom is 0.323 e. The second-order valence-electron chi connectivity index (χ2n) is 12.8. The summed E-state index contributed by atoms with van der Waals surface area (Å²) in [6.07, 6.45) is 2.48. The van der Waals surface area contributed by atoms with Crippen LogP contribution in [0.5, 0.6) is 0 Å². The van der Waals surface area contributed by atoms with E-state index in [9.17, 15) is 24.8 Å². The number of hydrogen-bond donors (Lipinski definition) is 5. The summed E-state index contributed by atoms with van der Waals surface area (Å²) in [6, 6.07) is 3.93. The highest BCUT2D eigenvalue weighted by Crippen LogP contribution is 2.41. The van der Waals surface area contributed by atoms with Crippen molar-refractivity contribution in [1.82, 2.24) is 10.3 Å². The number of nitrogens with zero attached hydrogens (tertiary/aromatic N) is 2. The van der Waals surface area contributed by atoms with Crippen molar-refractivity contribution in [2.24, 2.45) is 28.0 Å². The molecule has 0 bridgehead atoms. The van der Waals surface area contributed by atoms with Crippen molar-refractivity contribution in [2.45, 2.75) is 110 Å². The van der Waals surface area contributed by atoms with E-state index in [0.29, 0.717) is 6.42 Å². The topological polar surface area (TPSA) is 213 Å². The molecule has 0 spiro atoms. The van der Waals surface area contributed by atoms with E-state index in [1.807, 2.05) is 13.0 Å². The Morgan fingerprint density at radius 1 is 1.32 bits per heavy atom. The van der Waals surface area contributed by atoms with Gasteiger partial charge in [-0.1, -0.05) is 53.9 Å². The van der Waals surface area contributed by atoms with Gasteiger partial charge in [0.2, 0.25) is 11.5 Å². The molecule has 2 aliphatic rings. The molecule has 13 heteroatoms. The van der Waals surface area contributed by atoms with Gasteiger partial charge in [-0.15, -0.1) is 0 Å². The molecule has 44 heavy (non-hydrogen) atoms. The summed E-state index contributed by atoms with van der Waals surface area (Å²) < 4.78 is 17.3. The highest BCUT2D eigenvalue weighted by atomic mass is 16.6. The van der Waals surface area contributed by atoms with Gasteiger partial charge in [0.15, 0.2) is 11.9 Å². The van der Waals surface area contributed by atoms with Gasteiger partial charge < -0.3 is 35.4 Å². The summed E-state index contributed by atoms with van der Waals surface area (Å²) in [5.41, 5.74) is 3.71. The van der Waals surface area contributed by atoms with E-state index in [1.165, 1.54) is 12.1 Å². The number of nitriles is 1. The number of ether oxygens (including phenoxy) is 3. The van der Waals surface area contributed by atoms with Crippen LogP contribution in [0.15, 0.2) is 17.1 Å². The molecule has 242 valence electrons. The lowest BCUT2D eigenvalue weighted by atomic mass is 9.87. The number of esters is 2. The maximum absolute atomic E-state index is 13.0. The number of amidine groups is 1. The molecule has 6 atom stereocenters. The van der Waals surface area contributed by atoms with Crippen LogP contribution in [0.2, 0.25) is 0 Å². The standard InChI is InChI=1S/C31H46N6O7/c1-6-18(2)28(40)37-27(35-17-33)20-12-13-22(36-20)31(16-32)26(39)24(43-29(41)25(34)30(3,4)5)21(44-31)15-42-23(38)14-19-10-8-7-9-11-19/h12-13,17-19,21,24-26,36,39H,6-11,14-15,34H2,1-5H3,(H2,33,35,37,40)/t18-,21+,24+,25+,26+,31-/m0/s1. The van der Waals surface area contributed by atoms with Crippen LogP contribution in [0.1, 0.15) is 91.0 Å². The van der Waals surface area contributed by atoms with Crippen LogP contribution in [0.4, 0.5) is 0 Å². The Labute approximate surface area is 258 Å². The number of aliphatic hydroxyl groups is 1. The van der Waals surface area contributed by atoms with Gasteiger partial charge in [0, 0.05) is 12.3 Å². The Morgan fingerprint density at radius 2 is 2.00 bits per heavy atom. The molecule has 2 fully saturated rings. The summed E-state index contributed by atoms with van der Waals surface area (Å²) in [4.78, 5) is 45.2. The largest absolute Gasteiger partial charge is 0.463 e. The molecule has 1 aliphatic heterocycles. The minimum absolute atomic E-state index is 0.0319. The van der Waals surface area contributed by atoms with E-state index in [2.05, 4.69) is 15.3 Å². The number of carbonyl (C=O) groups excluding carboxylic acids is 3. The lowest BCUT2D eigenvalue weighted by Gasteiger charge is -2.29. The fraction of sp³-hybridized carbons (Fsp3) is 0.677. The smallest absolute Gasteiger partial charge is 0.323 e. The molecule has 13 nitrogen and oxygen atoms in total. The predicted molar refractivity (Wildman–Crippen MR) is 161 cm³/mol. The third-order valence-electron chi connectivity index (χ3n) is 8.46. The highest BCUT2D eigenvalue weighted by Gasteiger charge is 2.59. The number of hydrogen-bond acceptors (Lipinski definition) is 10. The first-order valence-corrected chi connectivity index (χ1v) is 15.2. The summed E-state index contributed by atoms with van der Waals surface area (Å²) in [7, 11) is 0. The van der Waals surface area contributed by atoms with Crippen LogP contribution in [-0.2, 0) is 34.2 Å². The number of nitrogens with one attached hydrogen (secondary N) is 3. The number of aromatic amines is 1. The van der Waals surface area contributed by atoms with Crippen LogP contribution in [0.25, 0.3) is 0 Å². The summed E-state index contributed by atoms with van der Waals surface area (Å²) in [6.45, 7) is 8.53. The number of carbonyl (C=O) groups is 3. The van der Waals surface area contributed by atoms with E-state index in [0.717, 1.165) is 38.4 Å². The molecule has 1 saturated carbocycles. The number of aliphatic hydroxyl groups excluding tert-OH is 1. The fourth-order valence-electron chi connectivity index (χ4n) is 5.29. The maximum atomic E-state index is 13.0. The molecule has 0 radical (unpaired) electrons. The fourth-order valence-corrected chi connectivity index (χ4v) is 5.29. The van der Waals surface area contributed by atoms with Crippen molar-refractivity contribution in [1.29, 1.82) is 10.7 Å². The molecule has 1 amide bonds. The van der Waals surface area contributed by atoms with Gasteiger partial charge in [0.05, 0.1) is 11.4 Å². The number of rotatable bonds is 11. The van der Waals surface area contributed by atoms with Gasteiger partial charge in [-0.25, -0.2) is 4.99 Å². The predicted octanol–water partition coefficient (Wildman–Crippen LogP) is 2.81. The zero-order chi connectivity index (χ0) is 32.7. The number of nitrogens with two attached hydrogens (primary N) is 1. The average Bonchev–Trinajstić information content (AvgIpc) is 3.59. The molecular weight excluding hydrogens is 568 g/mol. The number of aromatic nitrogens is 1. The van der Waals surface area contributed by atoms with Gasteiger partial charge in [-0.3, -0.25) is 19.8 Å². The van der Waals surface area contributed by atoms with E-state index in [1.54, 1.807) is 27.7 Å². The summed E-state index contributed by atoms with van der Waals surface area (Å²) in [5, 5.41) is 32.0. The van der Waals surface area contributed by atoms with Crippen LogP contribution in [0, 0.1) is 34.0 Å². The third kappa shape index (κ3) is 8.11. The third-order valence-corrected chi connectivity index (χ3v) is 8.46. The Bertz CT molecular complexity index is 1260.